The van der Waals surface area contributed by atoms with Gasteiger partial charge in [-0.3, -0.25) is 9.69 Å². The monoisotopic (exact) mass is 537 g/mol. The Hall–Kier alpha value is -1.64. The Morgan fingerprint density at radius 2 is 1.49 bits per heavy atom. The zero-order valence-corrected chi connectivity index (χ0v) is 22.2. The maximum absolute atomic E-state index is 12.8. The quantitative estimate of drug-likeness (QED) is 0.523. The predicted octanol–water partition coefficient (Wildman–Crippen LogP) is 4.84. The van der Waals surface area contributed by atoms with E-state index in [9.17, 15) is 13.2 Å². The molecular weight excluding hydrogens is 505 g/mol. The number of carbonyl (C=O) groups excluding carboxylic acids is 1. The Morgan fingerprint density at radius 1 is 0.857 bits per heavy atom. The van der Waals surface area contributed by atoms with Crippen molar-refractivity contribution in [1.82, 2.24) is 14.5 Å². The molecule has 2 aliphatic rings. The molecular formula is C26H33Cl2N3O3S. The van der Waals surface area contributed by atoms with Crippen LogP contribution < -0.4 is 5.32 Å². The summed E-state index contributed by atoms with van der Waals surface area (Å²) in [6.45, 7) is 4.50. The summed E-state index contributed by atoms with van der Waals surface area (Å²) in [5.74, 6) is -0.317. The van der Waals surface area contributed by atoms with Crippen LogP contribution in [0.25, 0.3) is 0 Å². The van der Waals surface area contributed by atoms with Crippen LogP contribution in [0.15, 0.2) is 42.5 Å². The third-order valence-electron chi connectivity index (χ3n) is 6.90. The van der Waals surface area contributed by atoms with Gasteiger partial charge >= 0.3 is 0 Å². The Morgan fingerprint density at radius 3 is 2.14 bits per heavy atom. The van der Waals surface area contributed by atoms with E-state index in [0.717, 1.165) is 12.1 Å². The van der Waals surface area contributed by atoms with Gasteiger partial charge in [0.2, 0.25) is 15.9 Å². The van der Waals surface area contributed by atoms with E-state index in [1.54, 1.807) is 18.2 Å². The number of hydrogen-bond acceptors (Lipinski definition) is 4. The molecule has 2 heterocycles. The van der Waals surface area contributed by atoms with Gasteiger partial charge in [0.25, 0.3) is 0 Å². The highest BCUT2D eigenvalue weighted by Gasteiger charge is 2.31. The van der Waals surface area contributed by atoms with Crippen LogP contribution in [0.4, 0.5) is 0 Å². The summed E-state index contributed by atoms with van der Waals surface area (Å²) in [5, 5.41) is 3.77. The van der Waals surface area contributed by atoms with Gasteiger partial charge in [0, 0.05) is 32.1 Å². The standard InChI is InChI=1S/C26H33Cl2N3O3S/c27-24-9-8-22(16-25(24)28)19-35(33,34)31-14-10-23(11-15-31)26(32)29-17-20-4-6-21(7-5-20)18-30-12-2-1-3-13-30/h4-9,16,23H,1-3,10-15,17-19H2,(H,29,32). The summed E-state index contributed by atoms with van der Waals surface area (Å²) in [4.78, 5) is 15.2. The number of hydrogen-bond donors (Lipinski definition) is 1. The van der Waals surface area contributed by atoms with Gasteiger partial charge in [-0.05, 0) is 67.6 Å². The summed E-state index contributed by atoms with van der Waals surface area (Å²) in [5.41, 5.74) is 2.97. The van der Waals surface area contributed by atoms with Gasteiger partial charge in [-0.1, -0.05) is 60.0 Å². The van der Waals surface area contributed by atoms with Gasteiger partial charge in [0.1, 0.15) is 0 Å². The minimum absolute atomic E-state index is 0.0103. The van der Waals surface area contributed by atoms with Gasteiger partial charge in [-0.15, -0.1) is 0 Å². The number of benzene rings is 2. The minimum Gasteiger partial charge on any atom is -0.352 e. The third-order valence-corrected chi connectivity index (χ3v) is 9.48. The molecule has 190 valence electrons. The van der Waals surface area contributed by atoms with E-state index in [-0.39, 0.29) is 17.6 Å². The third kappa shape index (κ3) is 7.43. The first-order valence-corrected chi connectivity index (χ1v) is 14.7. The fourth-order valence-electron chi connectivity index (χ4n) is 4.80. The molecule has 0 aromatic heterocycles. The first-order valence-electron chi connectivity index (χ1n) is 12.3. The Bertz CT molecular complexity index is 1110. The molecule has 2 aromatic carbocycles. The van der Waals surface area contributed by atoms with Crippen molar-refractivity contribution in [2.24, 2.45) is 5.92 Å². The molecule has 0 aliphatic carbocycles. The lowest BCUT2D eigenvalue weighted by atomic mass is 9.97. The lowest BCUT2D eigenvalue weighted by Gasteiger charge is -2.30. The van der Waals surface area contributed by atoms with Crippen LogP contribution in [0.1, 0.15) is 48.8 Å². The highest BCUT2D eigenvalue weighted by Crippen LogP contribution is 2.26. The van der Waals surface area contributed by atoms with E-state index >= 15 is 0 Å². The lowest BCUT2D eigenvalue weighted by molar-refractivity contribution is -0.126. The van der Waals surface area contributed by atoms with Crippen molar-refractivity contribution in [3.8, 4) is 0 Å². The second-order valence-electron chi connectivity index (χ2n) is 9.55. The summed E-state index contributed by atoms with van der Waals surface area (Å²) < 4.78 is 27.1. The summed E-state index contributed by atoms with van der Waals surface area (Å²) in [6.07, 6.45) is 4.93. The van der Waals surface area contributed by atoms with Gasteiger partial charge in [0.15, 0.2) is 0 Å². The molecule has 4 rings (SSSR count). The van der Waals surface area contributed by atoms with Gasteiger partial charge in [-0.2, -0.15) is 0 Å². The molecule has 1 amide bonds. The van der Waals surface area contributed by atoms with Gasteiger partial charge in [-0.25, -0.2) is 12.7 Å². The van der Waals surface area contributed by atoms with Crippen molar-refractivity contribution >= 4 is 39.1 Å². The molecule has 1 N–H and O–H groups in total. The average Bonchev–Trinajstić information content (AvgIpc) is 2.86. The van der Waals surface area contributed by atoms with Gasteiger partial charge in [0.05, 0.1) is 15.8 Å². The molecule has 0 spiro atoms. The summed E-state index contributed by atoms with van der Waals surface area (Å²) in [7, 11) is -3.49. The number of sulfonamides is 1. The van der Waals surface area contributed by atoms with Crippen LogP contribution >= 0.6 is 23.2 Å². The molecule has 0 saturated carbocycles. The molecule has 2 aromatic rings. The van der Waals surface area contributed by atoms with Crippen molar-refractivity contribution in [2.45, 2.75) is 50.9 Å². The van der Waals surface area contributed by atoms with Crippen molar-refractivity contribution in [2.75, 3.05) is 26.2 Å². The number of rotatable bonds is 8. The number of carbonyl (C=O) groups is 1. The summed E-state index contributed by atoms with van der Waals surface area (Å²) >= 11 is 11.9. The van der Waals surface area contributed by atoms with Crippen LogP contribution in [0.3, 0.4) is 0 Å². The molecule has 0 bridgehead atoms. The Balaban J connectivity index is 1.22. The largest absolute Gasteiger partial charge is 0.352 e. The second kappa shape index (κ2) is 12.1. The smallest absolute Gasteiger partial charge is 0.223 e. The van der Waals surface area contributed by atoms with E-state index in [1.807, 2.05) is 0 Å². The van der Waals surface area contributed by atoms with Crippen LogP contribution in [0.5, 0.6) is 0 Å². The van der Waals surface area contributed by atoms with Gasteiger partial charge < -0.3 is 5.32 Å². The van der Waals surface area contributed by atoms with Crippen LogP contribution in [0, 0.1) is 5.92 Å². The van der Waals surface area contributed by atoms with Crippen LogP contribution in [-0.2, 0) is 33.7 Å². The topological polar surface area (TPSA) is 69.7 Å². The Kier molecular flexibility index (Phi) is 9.11. The van der Waals surface area contributed by atoms with Crippen molar-refractivity contribution < 1.29 is 13.2 Å². The fraction of sp³-hybridized carbons (Fsp3) is 0.500. The first-order chi connectivity index (χ1) is 16.8. The number of nitrogens with zero attached hydrogens (tertiary/aromatic N) is 2. The second-order valence-corrected chi connectivity index (χ2v) is 12.3. The van der Waals surface area contributed by atoms with Crippen molar-refractivity contribution in [3.63, 3.8) is 0 Å². The number of nitrogens with one attached hydrogen (secondary N) is 1. The van der Waals surface area contributed by atoms with E-state index < -0.39 is 10.0 Å². The average molecular weight is 539 g/mol. The van der Waals surface area contributed by atoms with Crippen LogP contribution in [0.2, 0.25) is 10.0 Å². The first kappa shape index (κ1) is 26.4. The highest BCUT2D eigenvalue weighted by atomic mass is 35.5. The van der Waals surface area contributed by atoms with E-state index in [0.29, 0.717) is 48.1 Å². The van der Waals surface area contributed by atoms with Crippen molar-refractivity contribution in [3.05, 3.63) is 69.2 Å². The normalized spacial score (nSPS) is 18.5. The SMILES string of the molecule is O=C(NCc1ccc(CN2CCCCC2)cc1)C1CCN(S(=O)(=O)Cc2ccc(Cl)c(Cl)c2)CC1. The Labute approximate surface area is 218 Å². The number of likely N-dealkylation sites (tertiary alicyclic amines) is 1. The molecule has 0 atom stereocenters. The highest BCUT2D eigenvalue weighted by molar-refractivity contribution is 7.88. The molecule has 2 aliphatic heterocycles. The zero-order valence-electron chi connectivity index (χ0n) is 19.9. The van der Waals surface area contributed by atoms with E-state index in [4.69, 9.17) is 23.2 Å². The number of piperidine rings is 2. The molecule has 2 fully saturated rings. The molecule has 35 heavy (non-hydrogen) atoms. The number of amides is 1. The minimum atomic E-state index is -3.49. The summed E-state index contributed by atoms with van der Waals surface area (Å²) in [6, 6.07) is 13.3. The molecule has 0 radical (unpaired) electrons. The van der Waals surface area contributed by atoms with Crippen LogP contribution in [-0.4, -0.2) is 49.7 Å². The van der Waals surface area contributed by atoms with Crippen molar-refractivity contribution in [1.29, 1.82) is 0 Å². The molecule has 0 unspecified atom stereocenters. The molecule has 9 heteroatoms. The van der Waals surface area contributed by atoms with E-state index in [2.05, 4.69) is 34.5 Å². The zero-order chi connectivity index (χ0) is 24.8. The predicted molar refractivity (Wildman–Crippen MR) is 141 cm³/mol. The lowest BCUT2D eigenvalue weighted by Crippen LogP contribution is -2.43. The molecule has 6 nitrogen and oxygen atoms in total. The fourth-order valence-corrected chi connectivity index (χ4v) is 6.67. The maximum atomic E-state index is 12.8. The molecule has 2 saturated heterocycles. The number of halogens is 2. The maximum Gasteiger partial charge on any atom is 0.223 e. The van der Waals surface area contributed by atoms with E-state index in [1.165, 1.54) is 42.2 Å².